The fourth-order valence-corrected chi connectivity index (χ4v) is 5.24. The second-order valence-corrected chi connectivity index (χ2v) is 9.25. The normalized spacial score (nSPS) is 17.0. The lowest BCUT2D eigenvalue weighted by Gasteiger charge is -2.35. The van der Waals surface area contributed by atoms with Crippen LogP contribution in [0.25, 0.3) is 22.3 Å². The molecule has 4 heterocycles. The quantitative estimate of drug-likeness (QED) is 0.195. The Bertz CT molecular complexity index is 1870. The van der Waals surface area contributed by atoms with Gasteiger partial charge in [0.2, 0.25) is 5.60 Å². The molecule has 1 unspecified atom stereocenters. The van der Waals surface area contributed by atoms with Crippen molar-refractivity contribution < 1.29 is 24.0 Å². The van der Waals surface area contributed by atoms with Crippen molar-refractivity contribution in [1.82, 2.24) is 9.55 Å². The number of esters is 2. The summed E-state index contributed by atoms with van der Waals surface area (Å²) in [5, 5.41) is 21.1. The van der Waals surface area contributed by atoms with Gasteiger partial charge in [0, 0.05) is 17.2 Å². The molecule has 11 nitrogen and oxygen atoms in total. The first-order chi connectivity index (χ1) is 18.8. The van der Waals surface area contributed by atoms with Gasteiger partial charge in [0.25, 0.3) is 11.2 Å². The molecule has 4 aromatic rings. The molecule has 0 saturated heterocycles. The lowest BCUT2D eigenvalue weighted by atomic mass is 9.85. The second-order valence-electron chi connectivity index (χ2n) is 9.25. The largest absolute Gasteiger partial charge is 0.457 e. The SMILES string of the molecule is CCC1(OC(=O)c2cccc(C#N)c2)C(=O)OCc2c1cc1n(c2=O)Cc2cc3c([N+](=O)[O-])cccc3nc2-1. The molecule has 39 heavy (non-hydrogen) atoms. The maximum Gasteiger partial charge on any atom is 0.355 e. The van der Waals surface area contributed by atoms with Gasteiger partial charge < -0.3 is 14.0 Å². The van der Waals surface area contributed by atoms with Gasteiger partial charge in [-0.1, -0.05) is 19.1 Å². The number of fused-ring (bicyclic) bond motifs is 5. The zero-order valence-corrected chi connectivity index (χ0v) is 20.5. The number of nitrogens with zero attached hydrogens (tertiary/aromatic N) is 4. The number of hydrogen-bond acceptors (Lipinski definition) is 9. The van der Waals surface area contributed by atoms with Gasteiger partial charge in [-0.25, -0.2) is 14.6 Å². The maximum absolute atomic E-state index is 13.7. The monoisotopic (exact) mass is 522 g/mol. The van der Waals surface area contributed by atoms with Gasteiger partial charge in [0.15, 0.2) is 0 Å². The molecule has 0 spiro atoms. The lowest BCUT2D eigenvalue weighted by Crippen LogP contribution is -2.47. The molecule has 192 valence electrons. The molecule has 1 atom stereocenters. The molecule has 0 bridgehead atoms. The van der Waals surface area contributed by atoms with Crippen molar-refractivity contribution in [3.05, 3.63) is 103 Å². The molecule has 2 aliphatic rings. The summed E-state index contributed by atoms with van der Waals surface area (Å²) in [5.74, 6) is -1.66. The van der Waals surface area contributed by atoms with Crippen molar-refractivity contribution in [3.8, 4) is 17.5 Å². The highest BCUT2D eigenvalue weighted by Gasteiger charge is 2.50. The summed E-state index contributed by atoms with van der Waals surface area (Å²) in [6.45, 7) is 1.46. The van der Waals surface area contributed by atoms with Crippen LogP contribution in [0.5, 0.6) is 0 Å². The number of hydrogen-bond donors (Lipinski definition) is 0. The molecule has 0 fully saturated rings. The highest BCUT2D eigenvalue weighted by Crippen LogP contribution is 2.41. The predicted octanol–water partition coefficient (Wildman–Crippen LogP) is 3.72. The van der Waals surface area contributed by atoms with E-state index in [-0.39, 0.29) is 47.5 Å². The number of nitro groups is 1. The number of pyridine rings is 2. The van der Waals surface area contributed by atoms with Crippen molar-refractivity contribution in [2.24, 2.45) is 0 Å². The number of carbonyl (C=O) groups excluding carboxylic acids is 2. The number of non-ortho nitro benzene ring substituents is 1. The van der Waals surface area contributed by atoms with Crippen molar-refractivity contribution in [2.75, 3.05) is 0 Å². The fourth-order valence-electron chi connectivity index (χ4n) is 5.24. The van der Waals surface area contributed by atoms with Crippen LogP contribution in [0.3, 0.4) is 0 Å². The lowest BCUT2D eigenvalue weighted by molar-refractivity contribution is -0.383. The van der Waals surface area contributed by atoms with E-state index in [9.17, 15) is 29.8 Å². The van der Waals surface area contributed by atoms with E-state index in [1.165, 1.54) is 41.0 Å². The predicted molar refractivity (Wildman–Crippen MR) is 136 cm³/mol. The summed E-state index contributed by atoms with van der Waals surface area (Å²) in [4.78, 5) is 55.7. The van der Waals surface area contributed by atoms with Crippen molar-refractivity contribution >= 4 is 28.5 Å². The van der Waals surface area contributed by atoms with Gasteiger partial charge in [0.05, 0.1) is 56.5 Å². The number of cyclic esters (lactones) is 1. The summed E-state index contributed by atoms with van der Waals surface area (Å²) in [7, 11) is 0. The zero-order chi connectivity index (χ0) is 27.5. The molecule has 6 rings (SSSR count). The third-order valence-electron chi connectivity index (χ3n) is 7.19. The minimum Gasteiger partial charge on any atom is -0.457 e. The number of rotatable bonds is 4. The van der Waals surface area contributed by atoms with Crippen molar-refractivity contribution in [1.29, 1.82) is 5.26 Å². The van der Waals surface area contributed by atoms with Gasteiger partial charge in [-0.3, -0.25) is 14.9 Å². The molecular weight excluding hydrogens is 504 g/mol. The Balaban J connectivity index is 1.52. The topological polar surface area (TPSA) is 154 Å². The van der Waals surface area contributed by atoms with Crippen LogP contribution in [0.1, 0.15) is 46.0 Å². The summed E-state index contributed by atoms with van der Waals surface area (Å²) in [6.07, 6.45) is -0.0182. The van der Waals surface area contributed by atoms with Crippen molar-refractivity contribution in [2.45, 2.75) is 32.1 Å². The minimum atomic E-state index is -1.90. The van der Waals surface area contributed by atoms with Crippen LogP contribution in [0.2, 0.25) is 0 Å². The molecular formula is C28H18N4O7. The van der Waals surface area contributed by atoms with E-state index < -0.39 is 28.0 Å². The van der Waals surface area contributed by atoms with Crippen LogP contribution >= 0.6 is 0 Å². The van der Waals surface area contributed by atoms with Gasteiger partial charge in [0.1, 0.15) is 6.61 Å². The van der Waals surface area contributed by atoms with Crippen LogP contribution in [0, 0.1) is 21.4 Å². The van der Waals surface area contributed by atoms with E-state index in [1.807, 2.05) is 6.07 Å². The molecule has 0 radical (unpaired) electrons. The number of aromatic nitrogens is 2. The minimum absolute atomic E-state index is 0.0182. The second kappa shape index (κ2) is 8.59. The smallest absolute Gasteiger partial charge is 0.355 e. The third-order valence-corrected chi connectivity index (χ3v) is 7.19. The average molecular weight is 522 g/mol. The zero-order valence-electron chi connectivity index (χ0n) is 20.5. The van der Waals surface area contributed by atoms with Crippen LogP contribution in [0.4, 0.5) is 5.69 Å². The van der Waals surface area contributed by atoms with E-state index in [0.29, 0.717) is 27.9 Å². The Morgan fingerprint density at radius 3 is 2.77 bits per heavy atom. The van der Waals surface area contributed by atoms with Crippen LogP contribution < -0.4 is 5.56 Å². The van der Waals surface area contributed by atoms with Gasteiger partial charge in [-0.2, -0.15) is 5.26 Å². The summed E-state index contributed by atoms with van der Waals surface area (Å²) in [5.41, 5.74) is 0.0829. The average Bonchev–Trinajstić information content (AvgIpc) is 3.30. The maximum atomic E-state index is 13.7. The first kappa shape index (κ1) is 24.0. The standard InChI is InChI=1S/C28H18N4O7/c1-2-28(39-26(34)16-6-3-5-15(9-16)12-29)20-11-23-24-17(13-31(23)25(33)19(20)14-38-27(28)35)10-18-21(30-24)7-4-8-22(18)32(36)37/h3-11H,2,13-14H2,1H3. The van der Waals surface area contributed by atoms with Crippen LogP contribution in [-0.4, -0.2) is 26.4 Å². The number of benzene rings is 2. The van der Waals surface area contributed by atoms with E-state index in [4.69, 9.17) is 9.47 Å². The molecule has 2 aliphatic heterocycles. The highest BCUT2D eigenvalue weighted by atomic mass is 16.6. The summed E-state index contributed by atoms with van der Waals surface area (Å²) >= 11 is 0. The number of ether oxygens (including phenoxy) is 2. The first-order valence-corrected chi connectivity index (χ1v) is 12.0. The highest BCUT2D eigenvalue weighted by molar-refractivity contribution is 5.95. The Hall–Kier alpha value is -5.37. The Labute approximate surface area is 220 Å². The Kier molecular flexibility index (Phi) is 5.29. The van der Waals surface area contributed by atoms with Crippen molar-refractivity contribution in [3.63, 3.8) is 0 Å². The van der Waals surface area contributed by atoms with Gasteiger partial charge in [-0.15, -0.1) is 0 Å². The number of nitro benzene ring substituents is 1. The van der Waals surface area contributed by atoms with E-state index in [2.05, 4.69) is 4.98 Å². The van der Waals surface area contributed by atoms with Gasteiger partial charge >= 0.3 is 11.9 Å². The van der Waals surface area contributed by atoms with Crippen LogP contribution in [0.15, 0.2) is 59.4 Å². The first-order valence-electron chi connectivity index (χ1n) is 12.0. The Morgan fingerprint density at radius 2 is 2.03 bits per heavy atom. The molecule has 2 aromatic heterocycles. The van der Waals surface area contributed by atoms with Crippen LogP contribution in [-0.2, 0) is 33.0 Å². The Morgan fingerprint density at radius 1 is 1.23 bits per heavy atom. The fraction of sp³-hybridized carbons (Fsp3) is 0.179. The molecule has 11 heteroatoms. The van der Waals surface area contributed by atoms with E-state index >= 15 is 0 Å². The third kappa shape index (κ3) is 3.49. The van der Waals surface area contributed by atoms with Gasteiger partial charge in [-0.05, 0) is 42.8 Å². The molecule has 0 N–H and O–H groups in total. The van der Waals surface area contributed by atoms with E-state index in [0.717, 1.165) is 0 Å². The molecule has 0 saturated carbocycles. The van der Waals surface area contributed by atoms with E-state index in [1.54, 1.807) is 25.1 Å². The molecule has 0 aliphatic carbocycles. The molecule has 2 aromatic carbocycles. The summed E-state index contributed by atoms with van der Waals surface area (Å²) in [6, 6.07) is 15.7. The summed E-state index contributed by atoms with van der Waals surface area (Å²) < 4.78 is 12.6. The number of carbonyl (C=O) groups is 2. The molecule has 0 amide bonds. The number of nitriles is 1.